The predicted molar refractivity (Wildman–Crippen MR) is 59.4 cm³/mol. The van der Waals surface area contributed by atoms with Gasteiger partial charge < -0.3 is 21.5 Å². The lowest BCUT2D eigenvalue weighted by Gasteiger charge is -2.10. The number of hydrogen-bond donors (Lipinski definition) is 4. The number of amides is 2. The summed E-state index contributed by atoms with van der Waals surface area (Å²) < 4.78 is 13.4. The van der Waals surface area contributed by atoms with Crippen LogP contribution in [0, 0.1) is 5.82 Å². The van der Waals surface area contributed by atoms with Crippen molar-refractivity contribution in [1.82, 2.24) is 5.32 Å². The highest BCUT2D eigenvalue weighted by Crippen LogP contribution is 2.19. The van der Waals surface area contributed by atoms with Gasteiger partial charge in [-0.05, 0) is 12.1 Å². The van der Waals surface area contributed by atoms with Crippen LogP contribution in [-0.2, 0) is 0 Å². The molecule has 0 aliphatic rings. The average Bonchev–Trinajstić information content (AvgIpc) is 2.25. The van der Waals surface area contributed by atoms with E-state index >= 15 is 0 Å². The Bertz CT molecular complexity index is 437. The largest absolute Gasteiger partial charge is 0.478 e. The minimum absolute atomic E-state index is 0.105. The van der Waals surface area contributed by atoms with Crippen molar-refractivity contribution >= 4 is 17.7 Å². The molecule has 1 aromatic carbocycles. The first-order chi connectivity index (χ1) is 8.02. The third-order valence-corrected chi connectivity index (χ3v) is 1.97. The number of primary amides is 1. The Morgan fingerprint density at radius 3 is 2.65 bits per heavy atom. The van der Waals surface area contributed by atoms with Gasteiger partial charge in [0.05, 0.1) is 11.3 Å². The summed E-state index contributed by atoms with van der Waals surface area (Å²) in [4.78, 5) is 21.2. The summed E-state index contributed by atoms with van der Waals surface area (Å²) in [5.41, 5.74) is 4.57. The normalized spacial score (nSPS) is 9.71. The minimum atomic E-state index is -1.23. The van der Waals surface area contributed by atoms with Crippen LogP contribution in [0.1, 0.15) is 10.4 Å². The first-order valence-corrected chi connectivity index (χ1v) is 4.81. The first kappa shape index (κ1) is 12.8. The van der Waals surface area contributed by atoms with E-state index in [1.807, 2.05) is 0 Å². The minimum Gasteiger partial charge on any atom is -0.478 e. The molecule has 0 aromatic heterocycles. The van der Waals surface area contributed by atoms with E-state index in [2.05, 4.69) is 10.6 Å². The number of carboxylic acid groups (broad SMARTS) is 1. The van der Waals surface area contributed by atoms with Crippen molar-refractivity contribution in [3.05, 3.63) is 29.6 Å². The number of anilines is 1. The second kappa shape index (κ2) is 5.69. The molecule has 0 saturated heterocycles. The molecule has 1 rings (SSSR count). The molecule has 17 heavy (non-hydrogen) atoms. The molecule has 0 atom stereocenters. The fraction of sp³-hybridized carbons (Fsp3) is 0.200. The van der Waals surface area contributed by atoms with Gasteiger partial charge in [0.25, 0.3) is 0 Å². The molecular weight excluding hydrogens is 229 g/mol. The molecule has 0 spiro atoms. The molecule has 0 radical (unpaired) electrons. The summed E-state index contributed by atoms with van der Waals surface area (Å²) in [6.45, 7) is 0.340. The fourth-order valence-corrected chi connectivity index (χ4v) is 1.26. The highest BCUT2D eigenvalue weighted by molar-refractivity contribution is 5.94. The van der Waals surface area contributed by atoms with E-state index in [4.69, 9.17) is 10.8 Å². The number of carbonyl (C=O) groups excluding carboxylic acids is 1. The maximum atomic E-state index is 13.4. The van der Waals surface area contributed by atoms with Gasteiger partial charge in [0.15, 0.2) is 0 Å². The van der Waals surface area contributed by atoms with Gasteiger partial charge in [-0.1, -0.05) is 6.07 Å². The SMILES string of the molecule is NC(=O)NCCNc1c(F)cccc1C(=O)O. The van der Waals surface area contributed by atoms with Crippen molar-refractivity contribution < 1.29 is 19.1 Å². The van der Waals surface area contributed by atoms with Gasteiger partial charge >= 0.3 is 12.0 Å². The van der Waals surface area contributed by atoms with Crippen LogP contribution in [0.15, 0.2) is 18.2 Å². The first-order valence-electron chi connectivity index (χ1n) is 4.81. The summed E-state index contributed by atoms with van der Waals surface area (Å²) in [7, 11) is 0. The van der Waals surface area contributed by atoms with Gasteiger partial charge in [0.1, 0.15) is 5.82 Å². The topological polar surface area (TPSA) is 104 Å². The number of nitrogens with one attached hydrogen (secondary N) is 2. The van der Waals surface area contributed by atoms with Crippen molar-refractivity contribution in [2.45, 2.75) is 0 Å². The summed E-state index contributed by atoms with van der Waals surface area (Å²) in [6.07, 6.45) is 0. The van der Waals surface area contributed by atoms with E-state index in [0.717, 1.165) is 6.07 Å². The van der Waals surface area contributed by atoms with E-state index in [1.54, 1.807) is 0 Å². The van der Waals surface area contributed by atoms with Gasteiger partial charge in [0, 0.05) is 13.1 Å². The smallest absolute Gasteiger partial charge is 0.337 e. The molecule has 2 amide bonds. The van der Waals surface area contributed by atoms with Gasteiger partial charge in [-0.25, -0.2) is 14.0 Å². The Balaban J connectivity index is 2.69. The lowest BCUT2D eigenvalue weighted by molar-refractivity contribution is 0.0697. The number of urea groups is 1. The molecule has 92 valence electrons. The summed E-state index contributed by atoms with van der Waals surface area (Å²) in [5, 5.41) is 13.7. The van der Waals surface area contributed by atoms with Crippen molar-refractivity contribution in [3.8, 4) is 0 Å². The molecule has 0 saturated carbocycles. The molecule has 5 N–H and O–H groups in total. The number of aromatic carboxylic acids is 1. The molecule has 0 bridgehead atoms. The number of nitrogens with two attached hydrogens (primary N) is 1. The number of benzene rings is 1. The summed E-state index contributed by atoms with van der Waals surface area (Å²) >= 11 is 0. The zero-order chi connectivity index (χ0) is 12.8. The van der Waals surface area contributed by atoms with Crippen LogP contribution < -0.4 is 16.4 Å². The Morgan fingerprint density at radius 1 is 1.35 bits per heavy atom. The number of carboxylic acids is 1. The van der Waals surface area contributed by atoms with E-state index in [1.165, 1.54) is 12.1 Å². The third kappa shape index (κ3) is 3.63. The number of para-hydroxylation sites is 1. The lowest BCUT2D eigenvalue weighted by atomic mass is 10.1. The maximum absolute atomic E-state index is 13.4. The lowest BCUT2D eigenvalue weighted by Crippen LogP contribution is -2.33. The molecule has 0 heterocycles. The van der Waals surface area contributed by atoms with Crippen LogP contribution in [0.3, 0.4) is 0 Å². The van der Waals surface area contributed by atoms with Gasteiger partial charge in [-0.15, -0.1) is 0 Å². The van der Waals surface area contributed by atoms with Crippen LogP contribution in [0.5, 0.6) is 0 Å². The number of carbonyl (C=O) groups is 2. The highest BCUT2D eigenvalue weighted by Gasteiger charge is 2.13. The van der Waals surface area contributed by atoms with Crippen LogP contribution in [-0.4, -0.2) is 30.2 Å². The number of rotatable bonds is 5. The van der Waals surface area contributed by atoms with E-state index in [-0.39, 0.29) is 24.3 Å². The Hall–Kier alpha value is -2.31. The molecule has 0 unspecified atom stereocenters. The standard InChI is InChI=1S/C10H12FN3O3/c11-7-3-1-2-6(9(15)16)8(7)13-4-5-14-10(12)17/h1-3,13H,4-5H2,(H,15,16)(H3,12,14,17). The molecular formula is C10H12FN3O3. The molecule has 0 fully saturated rings. The van der Waals surface area contributed by atoms with Crippen molar-refractivity contribution in [1.29, 1.82) is 0 Å². The van der Waals surface area contributed by atoms with E-state index < -0.39 is 17.8 Å². The van der Waals surface area contributed by atoms with Crippen molar-refractivity contribution in [2.75, 3.05) is 18.4 Å². The van der Waals surface area contributed by atoms with Crippen molar-refractivity contribution in [2.24, 2.45) is 5.73 Å². The third-order valence-electron chi connectivity index (χ3n) is 1.97. The quantitative estimate of drug-likeness (QED) is 0.566. The highest BCUT2D eigenvalue weighted by atomic mass is 19.1. The maximum Gasteiger partial charge on any atom is 0.337 e. The average molecular weight is 241 g/mol. The molecule has 0 aliphatic heterocycles. The van der Waals surface area contributed by atoms with Gasteiger partial charge in [0.2, 0.25) is 0 Å². The second-order valence-corrected chi connectivity index (χ2v) is 3.19. The fourth-order valence-electron chi connectivity index (χ4n) is 1.26. The molecule has 7 heteroatoms. The molecule has 0 aliphatic carbocycles. The van der Waals surface area contributed by atoms with Gasteiger partial charge in [-0.2, -0.15) is 0 Å². The Labute approximate surface area is 96.6 Å². The summed E-state index contributed by atoms with van der Waals surface area (Å²) in [6, 6.07) is 3.05. The number of halogens is 1. The summed E-state index contributed by atoms with van der Waals surface area (Å²) in [5.74, 6) is -1.89. The Kier molecular flexibility index (Phi) is 4.27. The molecule has 6 nitrogen and oxygen atoms in total. The van der Waals surface area contributed by atoms with Crippen LogP contribution in [0.25, 0.3) is 0 Å². The monoisotopic (exact) mass is 241 g/mol. The predicted octanol–water partition coefficient (Wildman–Crippen LogP) is 0.604. The van der Waals surface area contributed by atoms with Crippen LogP contribution in [0.4, 0.5) is 14.9 Å². The molecule has 1 aromatic rings. The number of hydrogen-bond acceptors (Lipinski definition) is 3. The Morgan fingerprint density at radius 2 is 2.06 bits per heavy atom. The zero-order valence-electron chi connectivity index (χ0n) is 8.87. The van der Waals surface area contributed by atoms with Crippen LogP contribution >= 0.6 is 0 Å². The second-order valence-electron chi connectivity index (χ2n) is 3.19. The zero-order valence-corrected chi connectivity index (χ0v) is 8.87. The van der Waals surface area contributed by atoms with Crippen LogP contribution in [0.2, 0.25) is 0 Å². The van der Waals surface area contributed by atoms with E-state index in [9.17, 15) is 14.0 Å². The van der Waals surface area contributed by atoms with E-state index in [0.29, 0.717) is 0 Å². The van der Waals surface area contributed by atoms with Gasteiger partial charge in [-0.3, -0.25) is 0 Å². The van der Waals surface area contributed by atoms with Crippen molar-refractivity contribution in [3.63, 3.8) is 0 Å².